The number of likely N-dealkylation sites (tertiary alicyclic amines) is 1. The van der Waals surface area contributed by atoms with Gasteiger partial charge in [-0.3, -0.25) is 4.90 Å². The Balaban J connectivity index is 2.35. The highest BCUT2D eigenvalue weighted by molar-refractivity contribution is 5.38. The number of rotatable bonds is 3. The van der Waals surface area contributed by atoms with Crippen LogP contribution in [0.1, 0.15) is 48.1 Å². The van der Waals surface area contributed by atoms with Gasteiger partial charge in [-0.15, -0.1) is 0 Å². The zero-order valence-corrected chi connectivity index (χ0v) is 12.2. The molecule has 2 heteroatoms. The van der Waals surface area contributed by atoms with Crippen molar-refractivity contribution in [3.05, 3.63) is 34.4 Å². The fraction of sp³-hybridized carbons (Fsp3) is 0.625. The molecule has 2 unspecified atom stereocenters. The van der Waals surface area contributed by atoms with Crippen molar-refractivity contribution < 1.29 is 0 Å². The van der Waals surface area contributed by atoms with Gasteiger partial charge in [-0.25, -0.2) is 0 Å². The van der Waals surface area contributed by atoms with Crippen molar-refractivity contribution in [2.75, 3.05) is 13.1 Å². The fourth-order valence-electron chi connectivity index (χ4n) is 3.20. The first kappa shape index (κ1) is 13.6. The number of nitrogens with zero attached hydrogens (tertiary/aromatic N) is 1. The summed E-state index contributed by atoms with van der Waals surface area (Å²) < 4.78 is 0. The Bertz CT molecular complexity index is 425. The number of nitrogens with two attached hydrogens (primary N) is 1. The fourth-order valence-corrected chi connectivity index (χ4v) is 3.20. The van der Waals surface area contributed by atoms with Gasteiger partial charge in [0.1, 0.15) is 0 Å². The molecule has 0 bridgehead atoms. The summed E-state index contributed by atoms with van der Waals surface area (Å²) in [6.07, 6.45) is 2.61. The summed E-state index contributed by atoms with van der Waals surface area (Å²) in [5.41, 5.74) is 11.6. The van der Waals surface area contributed by atoms with E-state index in [1.54, 1.807) is 0 Å². The molecular weight excluding hydrogens is 220 g/mol. The third kappa shape index (κ3) is 2.45. The molecule has 1 aliphatic rings. The van der Waals surface area contributed by atoms with E-state index in [2.05, 4.69) is 44.7 Å². The Labute approximate surface area is 111 Å². The molecular formula is C16H26N2. The molecule has 1 fully saturated rings. The molecule has 100 valence electrons. The Morgan fingerprint density at radius 2 is 1.89 bits per heavy atom. The lowest BCUT2D eigenvalue weighted by atomic mass is 9.94. The van der Waals surface area contributed by atoms with E-state index in [0.717, 1.165) is 0 Å². The van der Waals surface area contributed by atoms with E-state index in [-0.39, 0.29) is 0 Å². The molecule has 2 rings (SSSR count). The standard InChI is InChI=1S/C16H26N2/c1-11-8-13(3)15(9-12(11)2)16(10-17)18-7-5-6-14(18)4/h8-9,14,16H,5-7,10,17H2,1-4H3. The lowest BCUT2D eigenvalue weighted by Gasteiger charge is -2.32. The van der Waals surface area contributed by atoms with Crippen molar-refractivity contribution >= 4 is 0 Å². The van der Waals surface area contributed by atoms with Gasteiger partial charge in [0.15, 0.2) is 0 Å². The topological polar surface area (TPSA) is 29.3 Å². The SMILES string of the molecule is Cc1cc(C)c(C(CN)N2CCCC2C)cc1C. The Morgan fingerprint density at radius 3 is 2.44 bits per heavy atom. The molecule has 1 aliphatic heterocycles. The van der Waals surface area contributed by atoms with Crippen molar-refractivity contribution in [1.29, 1.82) is 0 Å². The predicted octanol–water partition coefficient (Wildman–Crippen LogP) is 3.10. The zero-order valence-electron chi connectivity index (χ0n) is 12.2. The monoisotopic (exact) mass is 246 g/mol. The van der Waals surface area contributed by atoms with Gasteiger partial charge in [-0.05, 0) is 69.3 Å². The van der Waals surface area contributed by atoms with E-state index in [4.69, 9.17) is 5.73 Å². The highest BCUT2D eigenvalue weighted by Crippen LogP contribution is 2.31. The lowest BCUT2D eigenvalue weighted by Crippen LogP contribution is -2.36. The first-order chi connectivity index (χ1) is 8.54. The van der Waals surface area contributed by atoms with E-state index in [0.29, 0.717) is 18.6 Å². The summed E-state index contributed by atoms with van der Waals surface area (Å²) in [7, 11) is 0. The number of hydrogen-bond acceptors (Lipinski definition) is 2. The van der Waals surface area contributed by atoms with Crippen molar-refractivity contribution in [2.24, 2.45) is 5.73 Å². The second-order valence-corrected chi connectivity index (χ2v) is 5.77. The molecule has 18 heavy (non-hydrogen) atoms. The molecule has 0 amide bonds. The van der Waals surface area contributed by atoms with Gasteiger partial charge in [-0.1, -0.05) is 12.1 Å². The largest absolute Gasteiger partial charge is 0.329 e. The van der Waals surface area contributed by atoms with Gasteiger partial charge in [0, 0.05) is 18.6 Å². The summed E-state index contributed by atoms with van der Waals surface area (Å²) >= 11 is 0. The zero-order chi connectivity index (χ0) is 13.3. The normalized spacial score (nSPS) is 22.4. The van der Waals surface area contributed by atoms with Crippen LogP contribution in [-0.2, 0) is 0 Å². The maximum Gasteiger partial charge on any atom is 0.0475 e. The van der Waals surface area contributed by atoms with Gasteiger partial charge in [0.25, 0.3) is 0 Å². The lowest BCUT2D eigenvalue weighted by molar-refractivity contribution is 0.195. The van der Waals surface area contributed by atoms with Crippen molar-refractivity contribution in [2.45, 2.75) is 52.6 Å². The molecule has 0 aromatic heterocycles. The molecule has 0 saturated carbocycles. The van der Waals surface area contributed by atoms with Crippen LogP contribution in [0.5, 0.6) is 0 Å². The maximum atomic E-state index is 6.06. The van der Waals surface area contributed by atoms with E-state index in [1.165, 1.54) is 41.6 Å². The summed E-state index contributed by atoms with van der Waals surface area (Å²) in [5.74, 6) is 0. The van der Waals surface area contributed by atoms with Crippen LogP contribution in [-0.4, -0.2) is 24.0 Å². The Hall–Kier alpha value is -0.860. The van der Waals surface area contributed by atoms with Gasteiger partial charge in [-0.2, -0.15) is 0 Å². The van der Waals surface area contributed by atoms with Crippen LogP contribution in [0.25, 0.3) is 0 Å². The molecule has 2 nitrogen and oxygen atoms in total. The van der Waals surface area contributed by atoms with Crippen LogP contribution < -0.4 is 5.73 Å². The van der Waals surface area contributed by atoms with Crippen LogP contribution >= 0.6 is 0 Å². The van der Waals surface area contributed by atoms with Crippen molar-refractivity contribution in [3.8, 4) is 0 Å². The molecule has 1 heterocycles. The van der Waals surface area contributed by atoms with Gasteiger partial charge >= 0.3 is 0 Å². The third-order valence-electron chi connectivity index (χ3n) is 4.47. The average Bonchev–Trinajstić information content (AvgIpc) is 2.73. The van der Waals surface area contributed by atoms with E-state index < -0.39 is 0 Å². The van der Waals surface area contributed by atoms with Crippen molar-refractivity contribution in [1.82, 2.24) is 4.90 Å². The number of hydrogen-bond donors (Lipinski definition) is 1. The van der Waals surface area contributed by atoms with Gasteiger partial charge < -0.3 is 5.73 Å². The van der Waals surface area contributed by atoms with Gasteiger partial charge in [0.05, 0.1) is 0 Å². The van der Waals surface area contributed by atoms with Crippen LogP contribution in [0.2, 0.25) is 0 Å². The summed E-state index contributed by atoms with van der Waals surface area (Å²) in [6.45, 7) is 10.8. The van der Waals surface area contributed by atoms with E-state index in [1.807, 2.05) is 0 Å². The molecule has 1 aromatic rings. The Morgan fingerprint density at radius 1 is 1.22 bits per heavy atom. The second kappa shape index (κ2) is 5.41. The first-order valence-corrected chi connectivity index (χ1v) is 7.08. The summed E-state index contributed by atoms with van der Waals surface area (Å²) in [5, 5.41) is 0. The Kier molecular flexibility index (Phi) is 4.08. The first-order valence-electron chi connectivity index (χ1n) is 7.08. The third-order valence-corrected chi connectivity index (χ3v) is 4.47. The molecule has 0 spiro atoms. The second-order valence-electron chi connectivity index (χ2n) is 5.77. The average molecular weight is 246 g/mol. The highest BCUT2D eigenvalue weighted by Gasteiger charge is 2.28. The van der Waals surface area contributed by atoms with Gasteiger partial charge in [0.2, 0.25) is 0 Å². The maximum absolute atomic E-state index is 6.06. The highest BCUT2D eigenvalue weighted by atomic mass is 15.2. The molecule has 1 aromatic carbocycles. The minimum Gasteiger partial charge on any atom is -0.329 e. The summed E-state index contributed by atoms with van der Waals surface area (Å²) in [4.78, 5) is 2.58. The van der Waals surface area contributed by atoms with E-state index >= 15 is 0 Å². The minimum absolute atomic E-state index is 0.391. The molecule has 1 saturated heterocycles. The van der Waals surface area contributed by atoms with Crippen LogP contribution in [0, 0.1) is 20.8 Å². The smallest absolute Gasteiger partial charge is 0.0475 e. The van der Waals surface area contributed by atoms with Crippen LogP contribution in [0.3, 0.4) is 0 Å². The van der Waals surface area contributed by atoms with Crippen LogP contribution in [0.4, 0.5) is 0 Å². The molecule has 0 aliphatic carbocycles. The van der Waals surface area contributed by atoms with E-state index in [9.17, 15) is 0 Å². The quantitative estimate of drug-likeness (QED) is 0.888. The van der Waals surface area contributed by atoms with Crippen molar-refractivity contribution in [3.63, 3.8) is 0 Å². The number of aryl methyl sites for hydroxylation is 3. The molecule has 2 N–H and O–H groups in total. The number of benzene rings is 1. The summed E-state index contributed by atoms with van der Waals surface area (Å²) in [6, 6.07) is 5.70. The predicted molar refractivity (Wildman–Crippen MR) is 77.9 cm³/mol. The minimum atomic E-state index is 0.391. The van der Waals surface area contributed by atoms with Crippen LogP contribution in [0.15, 0.2) is 12.1 Å². The molecule has 2 atom stereocenters. The molecule has 0 radical (unpaired) electrons.